The summed E-state index contributed by atoms with van der Waals surface area (Å²) in [6.45, 7) is 1.87. The normalized spacial score (nSPS) is 14.3. The van der Waals surface area contributed by atoms with Crippen molar-refractivity contribution in [1.29, 1.82) is 0 Å². The Morgan fingerprint density at radius 2 is 1.86 bits per heavy atom. The Kier molecular flexibility index (Phi) is 5.45. The summed E-state index contributed by atoms with van der Waals surface area (Å²) in [5.41, 5.74) is -0.409. The number of piperidine rings is 1. The lowest BCUT2D eigenvalue weighted by Crippen LogP contribution is -2.30. The van der Waals surface area contributed by atoms with Gasteiger partial charge in [-0.2, -0.15) is 0 Å². The molecule has 7 nitrogen and oxygen atoms in total. The molecule has 4 rings (SSSR count). The standard InChI is InChI=1S/C19H16Br2N4O3/c20-12-6-11-7-13(19(27)28-17(11)14(21)8-12)18(26)24-15-9-16(23-10-22-15)25-4-2-1-3-5-25/h6-10H,1-5H2,(H,22,23,24,26). The van der Waals surface area contributed by atoms with Gasteiger partial charge in [0, 0.05) is 29.0 Å². The first-order valence-electron chi connectivity index (χ1n) is 8.82. The summed E-state index contributed by atoms with van der Waals surface area (Å²) in [6, 6.07) is 6.78. The quantitative estimate of drug-likeness (QED) is 0.530. The van der Waals surface area contributed by atoms with E-state index in [2.05, 4.69) is 52.0 Å². The van der Waals surface area contributed by atoms with Gasteiger partial charge in [0.05, 0.1) is 4.47 Å². The van der Waals surface area contributed by atoms with E-state index in [1.807, 2.05) is 0 Å². The zero-order valence-electron chi connectivity index (χ0n) is 14.7. The summed E-state index contributed by atoms with van der Waals surface area (Å²) in [6.07, 6.45) is 4.87. The molecule has 1 aromatic carbocycles. The number of nitrogens with zero attached hydrogens (tertiary/aromatic N) is 3. The first kappa shape index (κ1) is 19.1. The topological polar surface area (TPSA) is 88.3 Å². The number of hydrogen-bond acceptors (Lipinski definition) is 6. The first-order valence-corrected chi connectivity index (χ1v) is 10.4. The summed E-state index contributed by atoms with van der Waals surface area (Å²) >= 11 is 6.75. The van der Waals surface area contributed by atoms with Crippen LogP contribution >= 0.6 is 31.9 Å². The highest BCUT2D eigenvalue weighted by Gasteiger charge is 2.18. The van der Waals surface area contributed by atoms with Gasteiger partial charge in [-0.05, 0) is 53.4 Å². The fourth-order valence-electron chi connectivity index (χ4n) is 3.21. The molecule has 1 aliphatic heterocycles. The highest BCUT2D eigenvalue weighted by molar-refractivity contribution is 9.11. The lowest BCUT2D eigenvalue weighted by Gasteiger charge is -2.27. The second-order valence-corrected chi connectivity index (χ2v) is 8.29. The second kappa shape index (κ2) is 8.00. The Bertz CT molecular complexity index is 1110. The lowest BCUT2D eigenvalue weighted by molar-refractivity contribution is 0.102. The number of nitrogens with one attached hydrogen (secondary N) is 1. The van der Waals surface area contributed by atoms with Crippen LogP contribution < -0.4 is 15.8 Å². The van der Waals surface area contributed by atoms with E-state index in [9.17, 15) is 9.59 Å². The molecule has 0 radical (unpaired) electrons. The molecule has 0 aliphatic carbocycles. The van der Waals surface area contributed by atoms with Crippen LogP contribution in [0, 0.1) is 0 Å². The number of halogens is 2. The molecule has 144 valence electrons. The first-order chi connectivity index (χ1) is 13.5. The molecule has 0 unspecified atom stereocenters. The predicted octanol–water partition coefficient (Wildman–Crippen LogP) is 4.35. The van der Waals surface area contributed by atoms with Gasteiger partial charge in [0.15, 0.2) is 5.58 Å². The molecule has 1 fully saturated rings. The van der Waals surface area contributed by atoms with Gasteiger partial charge in [0.25, 0.3) is 5.91 Å². The molecular formula is C19H16Br2N4O3. The van der Waals surface area contributed by atoms with Gasteiger partial charge in [0.1, 0.15) is 23.5 Å². The van der Waals surface area contributed by atoms with Crippen LogP contribution in [0.2, 0.25) is 0 Å². The number of amides is 1. The Labute approximate surface area is 177 Å². The lowest BCUT2D eigenvalue weighted by atomic mass is 10.1. The minimum Gasteiger partial charge on any atom is -0.421 e. The van der Waals surface area contributed by atoms with Crippen LogP contribution in [0.15, 0.2) is 48.7 Å². The molecule has 1 aliphatic rings. The van der Waals surface area contributed by atoms with Crippen LogP contribution in [0.25, 0.3) is 11.0 Å². The van der Waals surface area contributed by atoms with E-state index in [1.165, 1.54) is 18.8 Å². The molecule has 3 aromatic rings. The van der Waals surface area contributed by atoms with Crippen molar-refractivity contribution in [2.24, 2.45) is 0 Å². The maximum absolute atomic E-state index is 12.7. The summed E-state index contributed by atoms with van der Waals surface area (Å²) in [7, 11) is 0. The molecule has 0 atom stereocenters. The molecule has 9 heteroatoms. The van der Waals surface area contributed by atoms with Crippen molar-refractivity contribution >= 4 is 60.4 Å². The third-order valence-corrected chi connectivity index (χ3v) is 5.62. The fraction of sp³-hybridized carbons (Fsp3) is 0.263. The average Bonchev–Trinajstić information content (AvgIpc) is 2.69. The Morgan fingerprint density at radius 3 is 2.64 bits per heavy atom. The number of fused-ring (bicyclic) bond motifs is 1. The maximum atomic E-state index is 12.7. The van der Waals surface area contributed by atoms with E-state index in [-0.39, 0.29) is 5.56 Å². The molecule has 3 heterocycles. The van der Waals surface area contributed by atoms with Crippen molar-refractivity contribution in [3.8, 4) is 0 Å². The second-order valence-electron chi connectivity index (χ2n) is 6.52. The van der Waals surface area contributed by atoms with Crippen LogP contribution in [-0.2, 0) is 0 Å². The highest BCUT2D eigenvalue weighted by atomic mass is 79.9. The number of anilines is 2. The molecule has 1 amide bonds. The van der Waals surface area contributed by atoms with Gasteiger partial charge in [-0.25, -0.2) is 14.8 Å². The van der Waals surface area contributed by atoms with Gasteiger partial charge in [-0.3, -0.25) is 4.79 Å². The van der Waals surface area contributed by atoms with Gasteiger partial charge in [-0.15, -0.1) is 0 Å². The summed E-state index contributed by atoms with van der Waals surface area (Å²) in [5.74, 6) is 0.536. The third kappa shape index (κ3) is 3.95. The van der Waals surface area contributed by atoms with Crippen molar-refractivity contribution in [3.05, 3.63) is 55.5 Å². The summed E-state index contributed by atoms with van der Waals surface area (Å²) in [5, 5.41) is 3.30. The minimum atomic E-state index is -0.710. The van der Waals surface area contributed by atoms with Gasteiger partial charge in [-0.1, -0.05) is 15.9 Å². The molecule has 0 saturated carbocycles. The van der Waals surface area contributed by atoms with Crippen molar-refractivity contribution in [1.82, 2.24) is 9.97 Å². The molecular weight excluding hydrogens is 492 g/mol. The zero-order valence-corrected chi connectivity index (χ0v) is 17.9. The molecule has 0 spiro atoms. The minimum absolute atomic E-state index is 0.0874. The van der Waals surface area contributed by atoms with Crippen LogP contribution in [0.5, 0.6) is 0 Å². The van der Waals surface area contributed by atoms with E-state index in [4.69, 9.17) is 4.42 Å². The van der Waals surface area contributed by atoms with Crippen molar-refractivity contribution in [3.63, 3.8) is 0 Å². The van der Waals surface area contributed by atoms with E-state index in [0.29, 0.717) is 21.3 Å². The summed E-state index contributed by atoms with van der Waals surface area (Å²) < 4.78 is 6.76. The predicted molar refractivity (Wildman–Crippen MR) is 114 cm³/mol. The van der Waals surface area contributed by atoms with Crippen LogP contribution in [0.4, 0.5) is 11.6 Å². The van der Waals surface area contributed by atoms with E-state index in [1.54, 1.807) is 18.2 Å². The zero-order chi connectivity index (χ0) is 19.7. The molecule has 1 N–H and O–H groups in total. The molecule has 28 heavy (non-hydrogen) atoms. The van der Waals surface area contributed by atoms with Crippen molar-refractivity contribution in [2.45, 2.75) is 19.3 Å². The van der Waals surface area contributed by atoms with Gasteiger partial charge in [0.2, 0.25) is 0 Å². The number of carbonyl (C=O) groups is 1. The number of carbonyl (C=O) groups excluding carboxylic acids is 1. The van der Waals surface area contributed by atoms with Crippen molar-refractivity contribution < 1.29 is 9.21 Å². The Morgan fingerprint density at radius 1 is 1.07 bits per heavy atom. The third-order valence-electron chi connectivity index (χ3n) is 4.57. The number of hydrogen-bond donors (Lipinski definition) is 1. The summed E-state index contributed by atoms with van der Waals surface area (Å²) in [4.78, 5) is 35.5. The van der Waals surface area contributed by atoms with Crippen LogP contribution in [0.1, 0.15) is 29.6 Å². The Balaban J connectivity index is 1.62. The van der Waals surface area contributed by atoms with E-state index >= 15 is 0 Å². The molecule has 2 aromatic heterocycles. The number of rotatable bonds is 3. The van der Waals surface area contributed by atoms with Crippen LogP contribution in [-0.4, -0.2) is 29.0 Å². The van der Waals surface area contributed by atoms with Crippen molar-refractivity contribution in [2.75, 3.05) is 23.3 Å². The highest BCUT2D eigenvalue weighted by Crippen LogP contribution is 2.28. The van der Waals surface area contributed by atoms with E-state index in [0.717, 1.165) is 36.2 Å². The Hall–Kier alpha value is -2.26. The number of benzene rings is 1. The SMILES string of the molecule is O=C(Nc1cc(N2CCCCC2)ncn1)c1cc2cc(Br)cc(Br)c2oc1=O. The largest absolute Gasteiger partial charge is 0.421 e. The van der Waals surface area contributed by atoms with E-state index < -0.39 is 11.5 Å². The smallest absolute Gasteiger partial charge is 0.349 e. The number of aromatic nitrogens is 2. The molecule has 0 bridgehead atoms. The average molecular weight is 508 g/mol. The van der Waals surface area contributed by atoms with Gasteiger partial charge < -0.3 is 14.6 Å². The molecule has 1 saturated heterocycles. The van der Waals surface area contributed by atoms with Gasteiger partial charge >= 0.3 is 5.63 Å². The fourth-order valence-corrected chi connectivity index (χ4v) is 4.55. The van der Waals surface area contributed by atoms with Crippen LogP contribution in [0.3, 0.4) is 0 Å². The monoisotopic (exact) mass is 506 g/mol. The maximum Gasteiger partial charge on any atom is 0.349 e.